The second-order valence-electron chi connectivity index (χ2n) is 6.19. The van der Waals surface area contributed by atoms with Crippen molar-refractivity contribution < 1.29 is 19.2 Å². The molecule has 142 valence electrons. The number of non-ortho nitro benzene ring substituents is 1. The molecular formula is C19H21N3O5. The lowest BCUT2D eigenvalue weighted by Crippen LogP contribution is -2.34. The van der Waals surface area contributed by atoms with Crippen molar-refractivity contribution in [3.05, 3.63) is 58.1 Å². The number of nitro groups is 1. The van der Waals surface area contributed by atoms with Crippen LogP contribution < -0.4 is 14.8 Å². The minimum Gasteiger partial charge on any atom is -0.497 e. The number of nitrogens with zero attached hydrogens (tertiary/aromatic N) is 2. The number of ether oxygens (including phenoxy) is 2. The fourth-order valence-corrected chi connectivity index (χ4v) is 3.29. The van der Waals surface area contributed by atoms with Crippen molar-refractivity contribution in [2.75, 3.05) is 26.1 Å². The van der Waals surface area contributed by atoms with Crippen molar-refractivity contribution in [3.8, 4) is 11.5 Å². The molecule has 1 fully saturated rings. The first-order chi connectivity index (χ1) is 13.0. The third-order valence-corrected chi connectivity index (χ3v) is 4.64. The number of amides is 2. The summed E-state index contributed by atoms with van der Waals surface area (Å²) in [5, 5.41) is 13.6. The van der Waals surface area contributed by atoms with Crippen LogP contribution in [0.25, 0.3) is 0 Å². The van der Waals surface area contributed by atoms with Gasteiger partial charge in [-0.05, 0) is 43.2 Å². The molecule has 2 aromatic carbocycles. The molecule has 3 rings (SSSR count). The van der Waals surface area contributed by atoms with E-state index in [2.05, 4.69) is 5.32 Å². The summed E-state index contributed by atoms with van der Waals surface area (Å²) in [6.07, 6.45) is 1.69. The topological polar surface area (TPSA) is 93.9 Å². The van der Waals surface area contributed by atoms with Crippen LogP contribution in [0.2, 0.25) is 0 Å². The Labute approximate surface area is 156 Å². The van der Waals surface area contributed by atoms with Crippen molar-refractivity contribution in [2.45, 2.75) is 18.9 Å². The Balaban J connectivity index is 1.79. The number of carbonyl (C=O) groups excluding carboxylic acids is 1. The first-order valence-corrected chi connectivity index (χ1v) is 8.57. The Morgan fingerprint density at radius 1 is 1.19 bits per heavy atom. The predicted octanol–water partition coefficient (Wildman–Crippen LogP) is 3.98. The van der Waals surface area contributed by atoms with E-state index < -0.39 is 4.92 Å². The standard InChI is InChI=1S/C19H21N3O5/c1-26-15-9-10-18(27-2)16(12-15)17-4-3-11-21(17)19(23)20-13-5-7-14(8-6-13)22(24)25/h5-10,12,17H,3-4,11H2,1-2H3,(H,20,23). The number of rotatable bonds is 5. The fourth-order valence-electron chi connectivity index (χ4n) is 3.29. The number of nitro benzene ring substituents is 1. The third kappa shape index (κ3) is 3.94. The molecule has 0 radical (unpaired) electrons. The molecule has 8 nitrogen and oxygen atoms in total. The van der Waals surface area contributed by atoms with Crippen LogP contribution in [-0.4, -0.2) is 36.6 Å². The lowest BCUT2D eigenvalue weighted by Gasteiger charge is -2.27. The van der Waals surface area contributed by atoms with Gasteiger partial charge in [-0.1, -0.05) is 0 Å². The van der Waals surface area contributed by atoms with E-state index >= 15 is 0 Å². The molecule has 1 heterocycles. The van der Waals surface area contributed by atoms with Gasteiger partial charge in [-0.25, -0.2) is 4.79 Å². The molecule has 2 amide bonds. The van der Waals surface area contributed by atoms with Crippen molar-refractivity contribution in [3.63, 3.8) is 0 Å². The Hall–Kier alpha value is -3.29. The second-order valence-corrected chi connectivity index (χ2v) is 6.19. The maximum absolute atomic E-state index is 12.8. The molecule has 1 N–H and O–H groups in total. The summed E-state index contributed by atoms with van der Waals surface area (Å²) in [6.45, 7) is 0.615. The van der Waals surface area contributed by atoms with E-state index in [0.717, 1.165) is 18.4 Å². The van der Waals surface area contributed by atoms with Gasteiger partial charge in [0.2, 0.25) is 0 Å². The van der Waals surface area contributed by atoms with Crippen LogP contribution >= 0.6 is 0 Å². The first-order valence-electron chi connectivity index (χ1n) is 8.57. The average Bonchev–Trinajstić information content (AvgIpc) is 3.17. The summed E-state index contributed by atoms with van der Waals surface area (Å²) in [6, 6.07) is 10.9. The van der Waals surface area contributed by atoms with Crippen LogP contribution in [0.15, 0.2) is 42.5 Å². The van der Waals surface area contributed by atoms with Crippen LogP contribution in [0.1, 0.15) is 24.4 Å². The molecule has 1 atom stereocenters. The minimum atomic E-state index is -0.475. The van der Waals surface area contributed by atoms with Gasteiger partial charge in [-0.15, -0.1) is 0 Å². The molecule has 0 aliphatic carbocycles. The number of benzene rings is 2. The number of anilines is 1. The van der Waals surface area contributed by atoms with Gasteiger partial charge in [-0.2, -0.15) is 0 Å². The first kappa shape index (κ1) is 18.5. The van der Waals surface area contributed by atoms with Gasteiger partial charge in [0.25, 0.3) is 5.69 Å². The minimum absolute atomic E-state index is 0.0202. The van der Waals surface area contributed by atoms with Gasteiger partial charge in [-0.3, -0.25) is 10.1 Å². The zero-order valence-electron chi connectivity index (χ0n) is 15.2. The Kier molecular flexibility index (Phi) is 5.44. The van der Waals surface area contributed by atoms with Gasteiger partial charge >= 0.3 is 6.03 Å². The summed E-state index contributed by atoms with van der Waals surface area (Å²) >= 11 is 0. The number of nitrogens with one attached hydrogen (secondary N) is 1. The summed E-state index contributed by atoms with van der Waals surface area (Å²) in [4.78, 5) is 24.8. The SMILES string of the molecule is COc1ccc(OC)c(C2CCCN2C(=O)Nc2ccc([N+](=O)[O-])cc2)c1. The van der Waals surface area contributed by atoms with E-state index in [0.29, 0.717) is 23.7 Å². The van der Waals surface area contributed by atoms with Crippen molar-refractivity contribution >= 4 is 17.4 Å². The van der Waals surface area contributed by atoms with E-state index in [-0.39, 0.29) is 17.8 Å². The van der Waals surface area contributed by atoms with Crippen LogP contribution in [0.3, 0.4) is 0 Å². The largest absolute Gasteiger partial charge is 0.497 e. The van der Waals surface area contributed by atoms with Crippen LogP contribution in [0.4, 0.5) is 16.2 Å². The summed E-state index contributed by atoms with van der Waals surface area (Å²) < 4.78 is 10.8. The highest BCUT2D eigenvalue weighted by Crippen LogP contribution is 2.39. The lowest BCUT2D eigenvalue weighted by atomic mass is 10.0. The van der Waals surface area contributed by atoms with Crippen LogP contribution in [0, 0.1) is 10.1 Å². The highest BCUT2D eigenvalue weighted by molar-refractivity contribution is 5.90. The molecule has 1 aliphatic rings. The van der Waals surface area contributed by atoms with Gasteiger partial charge in [0.05, 0.1) is 25.2 Å². The summed E-state index contributed by atoms with van der Waals surface area (Å²) in [5.74, 6) is 1.41. The van der Waals surface area contributed by atoms with Gasteiger partial charge in [0.1, 0.15) is 11.5 Å². The molecule has 8 heteroatoms. The molecule has 1 unspecified atom stereocenters. The molecule has 0 spiro atoms. The van der Waals surface area contributed by atoms with Crippen molar-refractivity contribution in [1.29, 1.82) is 0 Å². The fraction of sp³-hybridized carbons (Fsp3) is 0.316. The van der Waals surface area contributed by atoms with E-state index in [9.17, 15) is 14.9 Å². The number of carbonyl (C=O) groups is 1. The normalized spacial score (nSPS) is 16.1. The molecule has 1 aliphatic heterocycles. The summed E-state index contributed by atoms with van der Waals surface area (Å²) in [5.41, 5.74) is 1.38. The molecule has 0 aromatic heterocycles. The monoisotopic (exact) mass is 371 g/mol. The molecule has 27 heavy (non-hydrogen) atoms. The number of hydrogen-bond donors (Lipinski definition) is 1. The highest BCUT2D eigenvalue weighted by Gasteiger charge is 2.32. The van der Waals surface area contributed by atoms with E-state index in [1.54, 1.807) is 19.1 Å². The maximum Gasteiger partial charge on any atom is 0.322 e. The molecule has 0 saturated carbocycles. The van der Waals surface area contributed by atoms with Gasteiger partial charge in [0, 0.05) is 29.9 Å². The second kappa shape index (κ2) is 7.94. The zero-order valence-corrected chi connectivity index (χ0v) is 15.2. The lowest BCUT2D eigenvalue weighted by molar-refractivity contribution is -0.384. The third-order valence-electron chi connectivity index (χ3n) is 4.64. The van der Waals surface area contributed by atoms with Crippen molar-refractivity contribution in [2.24, 2.45) is 0 Å². The smallest absolute Gasteiger partial charge is 0.322 e. The Morgan fingerprint density at radius 3 is 2.56 bits per heavy atom. The maximum atomic E-state index is 12.8. The predicted molar refractivity (Wildman–Crippen MR) is 100 cm³/mol. The number of urea groups is 1. The molecular weight excluding hydrogens is 350 g/mol. The quantitative estimate of drug-likeness (QED) is 0.634. The Morgan fingerprint density at radius 2 is 1.93 bits per heavy atom. The van der Waals surface area contributed by atoms with E-state index in [4.69, 9.17) is 9.47 Å². The average molecular weight is 371 g/mol. The number of likely N-dealkylation sites (tertiary alicyclic amines) is 1. The molecule has 0 bridgehead atoms. The van der Waals surface area contributed by atoms with E-state index in [1.165, 1.54) is 24.3 Å². The Bertz CT molecular complexity index is 838. The highest BCUT2D eigenvalue weighted by atomic mass is 16.6. The molecule has 1 saturated heterocycles. The van der Waals surface area contributed by atoms with Gasteiger partial charge < -0.3 is 19.7 Å². The van der Waals surface area contributed by atoms with E-state index in [1.807, 2.05) is 18.2 Å². The number of methoxy groups -OCH3 is 2. The zero-order chi connectivity index (χ0) is 19.4. The number of hydrogen-bond acceptors (Lipinski definition) is 5. The van der Waals surface area contributed by atoms with Gasteiger partial charge in [0.15, 0.2) is 0 Å². The van der Waals surface area contributed by atoms with Crippen molar-refractivity contribution in [1.82, 2.24) is 4.90 Å². The summed E-state index contributed by atoms with van der Waals surface area (Å²) in [7, 11) is 3.20. The molecule has 2 aromatic rings. The van der Waals surface area contributed by atoms with Crippen LogP contribution in [0.5, 0.6) is 11.5 Å². The van der Waals surface area contributed by atoms with Crippen LogP contribution in [-0.2, 0) is 0 Å².